The number of hydrogen-bond donors (Lipinski definition) is 1. The highest BCUT2D eigenvalue weighted by molar-refractivity contribution is 7.91. The molecular formula is C21H27NO6S. The molecule has 0 saturated carbocycles. The Labute approximate surface area is 171 Å². The highest BCUT2D eigenvalue weighted by Gasteiger charge is 2.15. The Hall–Kier alpha value is -2.74. The minimum atomic E-state index is -3.33. The van der Waals surface area contributed by atoms with Gasteiger partial charge in [0, 0.05) is 13.0 Å². The Morgan fingerprint density at radius 3 is 2.14 bits per heavy atom. The first kappa shape index (κ1) is 22.5. The van der Waals surface area contributed by atoms with Crippen molar-refractivity contribution in [1.82, 2.24) is 5.32 Å². The molecule has 7 nitrogen and oxygen atoms in total. The molecule has 0 radical (unpaired) electrons. The first-order chi connectivity index (χ1) is 13.9. The Morgan fingerprint density at radius 1 is 0.966 bits per heavy atom. The first-order valence-corrected chi connectivity index (χ1v) is 10.9. The number of carbonyl (C=O) groups excluding carboxylic acids is 1. The fourth-order valence-electron chi connectivity index (χ4n) is 2.86. The molecule has 0 aliphatic rings. The lowest BCUT2D eigenvalue weighted by Gasteiger charge is -2.14. The molecule has 1 N–H and O–H groups in total. The third-order valence-corrected chi connectivity index (χ3v) is 6.20. The van der Waals surface area contributed by atoms with E-state index in [0.717, 1.165) is 5.56 Å². The summed E-state index contributed by atoms with van der Waals surface area (Å²) in [6.07, 6.45) is 1.11. The molecule has 0 unspecified atom stereocenters. The summed E-state index contributed by atoms with van der Waals surface area (Å²) in [6.45, 7) is 0.306. The van der Waals surface area contributed by atoms with Gasteiger partial charge in [-0.25, -0.2) is 8.42 Å². The van der Waals surface area contributed by atoms with Gasteiger partial charge in [-0.1, -0.05) is 18.2 Å². The second kappa shape index (κ2) is 10.7. The summed E-state index contributed by atoms with van der Waals surface area (Å²) in [5.41, 5.74) is 0.876. The summed E-state index contributed by atoms with van der Waals surface area (Å²) in [6, 6.07) is 11.9. The van der Waals surface area contributed by atoms with E-state index in [4.69, 9.17) is 14.2 Å². The number of carbonyl (C=O) groups is 1. The fraction of sp³-hybridized carbons (Fsp3) is 0.381. The maximum Gasteiger partial charge on any atom is 0.220 e. The van der Waals surface area contributed by atoms with E-state index in [2.05, 4.69) is 5.32 Å². The number of rotatable bonds is 11. The Bertz CT molecular complexity index is 887. The molecule has 0 aromatic heterocycles. The van der Waals surface area contributed by atoms with Gasteiger partial charge in [0.15, 0.2) is 21.3 Å². The molecule has 0 aliphatic heterocycles. The Balaban J connectivity index is 1.82. The molecule has 1 amide bonds. The van der Waals surface area contributed by atoms with Crippen LogP contribution in [0, 0.1) is 0 Å². The van der Waals surface area contributed by atoms with Crippen molar-refractivity contribution in [2.75, 3.05) is 33.6 Å². The lowest BCUT2D eigenvalue weighted by Crippen LogP contribution is -2.26. The van der Waals surface area contributed by atoms with Gasteiger partial charge < -0.3 is 19.5 Å². The van der Waals surface area contributed by atoms with E-state index in [1.807, 2.05) is 0 Å². The quantitative estimate of drug-likeness (QED) is 0.561. The molecule has 0 atom stereocenters. The lowest BCUT2D eigenvalue weighted by atomic mass is 10.1. The van der Waals surface area contributed by atoms with Crippen molar-refractivity contribution in [3.05, 3.63) is 48.0 Å². The zero-order chi connectivity index (χ0) is 21.3. The van der Waals surface area contributed by atoms with Crippen LogP contribution in [-0.2, 0) is 21.1 Å². The van der Waals surface area contributed by atoms with Crippen molar-refractivity contribution < 1.29 is 27.4 Å². The molecule has 2 aromatic carbocycles. The number of methoxy groups -OCH3 is 3. The van der Waals surface area contributed by atoms with Crippen LogP contribution in [0.15, 0.2) is 47.4 Å². The van der Waals surface area contributed by atoms with Gasteiger partial charge in [0.05, 0.1) is 32.0 Å². The average molecular weight is 422 g/mol. The van der Waals surface area contributed by atoms with Gasteiger partial charge in [0.25, 0.3) is 0 Å². The first-order valence-electron chi connectivity index (χ1n) is 9.24. The van der Waals surface area contributed by atoms with Gasteiger partial charge >= 0.3 is 0 Å². The summed E-state index contributed by atoms with van der Waals surface area (Å²) < 4.78 is 40.3. The van der Waals surface area contributed by atoms with E-state index in [1.54, 1.807) is 42.5 Å². The van der Waals surface area contributed by atoms with Gasteiger partial charge in [-0.2, -0.15) is 0 Å². The van der Waals surface area contributed by atoms with E-state index in [1.165, 1.54) is 21.3 Å². The number of benzene rings is 2. The monoisotopic (exact) mass is 421 g/mol. The number of amides is 1. The normalized spacial score (nSPS) is 11.0. The van der Waals surface area contributed by atoms with Crippen LogP contribution < -0.4 is 19.5 Å². The minimum Gasteiger partial charge on any atom is -0.493 e. The third-order valence-electron chi connectivity index (χ3n) is 4.38. The zero-order valence-electron chi connectivity index (χ0n) is 16.9. The molecule has 2 aromatic rings. The van der Waals surface area contributed by atoms with Crippen LogP contribution in [0.2, 0.25) is 0 Å². The predicted molar refractivity (Wildman–Crippen MR) is 111 cm³/mol. The fourth-order valence-corrected chi connectivity index (χ4v) is 4.19. The third kappa shape index (κ3) is 6.39. The summed E-state index contributed by atoms with van der Waals surface area (Å²) in [5, 5.41) is 2.77. The van der Waals surface area contributed by atoms with Crippen LogP contribution >= 0.6 is 0 Å². The van der Waals surface area contributed by atoms with E-state index in [9.17, 15) is 13.2 Å². The van der Waals surface area contributed by atoms with E-state index in [0.29, 0.717) is 41.5 Å². The SMILES string of the molecule is COc1cc(CCC(=O)NCCCS(=O)(=O)c2ccccc2)cc(OC)c1OC. The second-order valence-corrected chi connectivity index (χ2v) is 8.48. The van der Waals surface area contributed by atoms with Crippen molar-refractivity contribution in [2.45, 2.75) is 24.2 Å². The molecular weight excluding hydrogens is 394 g/mol. The molecule has 8 heteroatoms. The van der Waals surface area contributed by atoms with Crippen LogP contribution in [-0.4, -0.2) is 48.0 Å². The summed E-state index contributed by atoms with van der Waals surface area (Å²) in [5.74, 6) is 1.42. The van der Waals surface area contributed by atoms with Crippen molar-refractivity contribution >= 4 is 15.7 Å². The van der Waals surface area contributed by atoms with Crippen molar-refractivity contribution in [2.24, 2.45) is 0 Å². The van der Waals surface area contributed by atoms with E-state index >= 15 is 0 Å². The van der Waals surface area contributed by atoms with Gasteiger partial charge in [-0.05, 0) is 42.7 Å². The van der Waals surface area contributed by atoms with E-state index in [-0.39, 0.29) is 18.1 Å². The summed E-state index contributed by atoms with van der Waals surface area (Å²) in [7, 11) is 1.28. The molecule has 0 aliphatic carbocycles. The smallest absolute Gasteiger partial charge is 0.220 e. The van der Waals surface area contributed by atoms with Crippen molar-refractivity contribution in [3.63, 3.8) is 0 Å². The number of sulfone groups is 1. The Kier molecular flexibility index (Phi) is 8.33. The minimum absolute atomic E-state index is 0.00975. The number of hydrogen-bond acceptors (Lipinski definition) is 6. The maximum absolute atomic E-state index is 12.2. The highest BCUT2D eigenvalue weighted by Crippen LogP contribution is 2.38. The number of aryl methyl sites for hydroxylation is 1. The predicted octanol–water partition coefficient (Wildman–Crippen LogP) is 2.63. The van der Waals surface area contributed by atoms with Crippen LogP contribution in [0.4, 0.5) is 0 Å². The summed E-state index contributed by atoms with van der Waals surface area (Å²) in [4.78, 5) is 12.4. The van der Waals surface area contributed by atoms with Gasteiger partial charge in [0.2, 0.25) is 11.7 Å². The molecule has 0 bridgehead atoms. The molecule has 158 valence electrons. The van der Waals surface area contributed by atoms with Gasteiger partial charge in [-0.3, -0.25) is 4.79 Å². The molecule has 0 saturated heterocycles. The molecule has 0 heterocycles. The van der Waals surface area contributed by atoms with Crippen LogP contribution in [0.1, 0.15) is 18.4 Å². The molecule has 0 fully saturated rings. The second-order valence-electron chi connectivity index (χ2n) is 6.37. The van der Waals surface area contributed by atoms with Crippen molar-refractivity contribution in [3.8, 4) is 17.2 Å². The van der Waals surface area contributed by atoms with Crippen LogP contribution in [0.3, 0.4) is 0 Å². The van der Waals surface area contributed by atoms with E-state index < -0.39 is 9.84 Å². The topological polar surface area (TPSA) is 90.9 Å². The van der Waals surface area contributed by atoms with Gasteiger partial charge in [-0.15, -0.1) is 0 Å². The van der Waals surface area contributed by atoms with Crippen LogP contribution in [0.25, 0.3) is 0 Å². The maximum atomic E-state index is 12.2. The van der Waals surface area contributed by atoms with Crippen molar-refractivity contribution in [1.29, 1.82) is 0 Å². The largest absolute Gasteiger partial charge is 0.493 e. The zero-order valence-corrected chi connectivity index (χ0v) is 17.8. The van der Waals surface area contributed by atoms with Crippen LogP contribution in [0.5, 0.6) is 17.2 Å². The average Bonchev–Trinajstić information content (AvgIpc) is 2.75. The molecule has 2 rings (SSSR count). The van der Waals surface area contributed by atoms with Gasteiger partial charge in [0.1, 0.15) is 0 Å². The molecule has 29 heavy (non-hydrogen) atoms. The Morgan fingerprint density at radius 2 is 1.59 bits per heavy atom. The standard InChI is InChI=1S/C21H27NO6S/c1-26-18-14-16(15-19(27-2)21(18)28-3)10-11-20(23)22-12-7-13-29(24,25)17-8-5-4-6-9-17/h4-6,8-9,14-15H,7,10-13H2,1-3H3,(H,22,23). The number of nitrogens with one attached hydrogen (secondary N) is 1. The number of ether oxygens (including phenoxy) is 3. The summed E-state index contributed by atoms with van der Waals surface area (Å²) >= 11 is 0. The lowest BCUT2D eigenvalue weighted by molar-refractivity contribution is -0.121. The highest BCUT2D eigenvalue weighted by atomic mass is 32.2. The molecule has 0 spiro atoms.